The zero-order valence-corrected chi connectivity index (χ0v) is 18.0. The maximum absolute atomic E-state index is 12.3. The molecule has 1 saturated carbocycles. The molecule has 1 heterocycles. The molecule has 0 aliphatic heterocycles. The average molecular weight is 451 g/mol. The van der Waals surface area contributed by atoms with Crippen LogP contribution in [0.4, 0.5) is 0 Å². The van der Waals surface area contributed by atoms with Gasteiger partial charge in [-0.1, -0.05) is 12.8 Å². The summed E-state index contributed by atoms with van der Waals surface area (Å²) < 4.78 is 5.07. The molecule has 1 aromatic heterocycles. The van der Waals surface area contributed by atoms with Gasteiger partial charge in [0.15, 0.2) is 0 Å². The third-order valence-corrected chi connectivity index (χ3v) is 5.39. The van der Waals surface area contributed by atoms with E-state index in [9.17, 15) is 34.5 Å². The first-order chi connectivity index (χ1) is 15.2. The first kappa shape index (κ1) is 25.2. The van der Waals surface area contributed by atoms with Crippen LogP contribution in [0.25, 0.3) is 0 Å². The van der Waals surface area contributed by atoms with Crippen LogP contribution >= 0.6 is 0 Å². The number of rotatable bonds is 12. The highest BCUT2D eigenvalue weighted by atomic mass is 16.5. The highest BCUT2D eigenvalue weighted by Crippen LogP contribution is 2.29. The summed E-state index contributed by atoms with van der Waals surface area (Å²) in [5.74, 6) is -3.97. The van der Waals surface area contributed by atoms with Crippen molar-refractivity contribution in [1.29, 1.82) is 0 Å². The number of carboxylic acids is 3. The molecular weight excluding hydrogens is 422 g/mol. The Morgan fingerprint density at radius 3 is 2.03 bits per heavy atom. The summed E-state index contributed by atoms with van der Waals surface area (Å²) in [5.41, 5.74) is 0.574. The Balaban J connectivity index is 2.37. The van der Waals surface area contributed by atoms with Crippen LogP contribution in [-0.4, -0.2) is 92.3 Å². The van der Waals surface area contributed by atoms with Gasteiger partial charge in [0.25, 0.3) is 0 Å². The molecule has 2 atom stereocenters. The van der Waals surface area contributed by atoms with E-state index >= 15 is 0 Å². The van der Waals surface area contributed by atoms with Crippen molar-refractivity contribution in [3.63, 3.8) is 0 Å². The second-order valence-corrected chi connectivity index (χ2v) is 7.63. The summed E-state index contributed by atoms with van der Waals surface area (Å²) in [4.78, 5) is 53.9. The highest BCUT2D eigenvalue weighted by Gasteiger charge is 2.37. The Hall–Kier alpha value is -3.05. The molecule has 1 aliphatic rings. The van der Waals surface area contributed by atoms with E-state index < -0.39 is 49.1 Å². The molecule has 3 N–H and O–H groups in total. The fraction of sp³-hybridized carbons (Fsp3) is 0.571. The van der Waals surface area contributed by atoms with Crippen LogP contribution in [0, 0.1) is 0 Å². The van der Waals surface area contributed by atoms with Crippen LogP contribution in [-0.2, 0) is 25.7 Å². The predicted molar refractivity (Wildman–Crippen MR) is 111 cm³/mol. The second-order valence-electron chi connectivity index (χ2n) is 7.63. The van der Waals surface area contributed by atoms with Crippen molar-refractivity contribution in [1.82, 2.24) is 14.8 Å². The van der Waals surface area contributed by atoms with Gasteiger partial charge in [-0.05, 0) is 31.9 Å². The van der Waals surface area contributed by atoms with E-state index in [0.29, 0.717) is 18.5 Å². The molecule has 0 aromatic carbocycles. The van der Waals surface area contributed by atoms with E-state index in [0.717, 1.165) is 12.8 Å². The second kappa shape index (κ2) is 12.1. The minimum atomic E-state index is -1.16. The van der Waals surface area contributed by atoms with Gasteiger partial charge >= 0.3 is 23.9 Å². The number of hydrogen-bond donors (Lipinski definition) is 3. The van der Waals surface area contributed by atoms with Gasteiger partial charge < -0.3 is 20.1 Å². The molecule has 11 nitrogen and oxygen atoms in total. The van der Waals surface area contributed by atoms with Gasteiger partial charge in [-0.15, -0.1) is 0 Å². The van der Waals surface area contributed by atoms with E-state index in [1.807, 2.05) is 0 Å². The molecule has 0 unspecified atom stereocenters. The summed E-state index contributed by atoms with van der Waals surface area (Å²) in [5, 5.41) is 28.1. The number of ether oxygens (including phenoxy) is 1. The van der Waals surface area contributed by atoms with E-state index in [1.165, 1.54) is 11.1 Å². The Labute approximate surface area is 185 Å². The lowest BCUT2D eigenvalue weighted by Crippen LogP contribution is -2.56. The molecule has 1 aliphatic carbocycles. The van der Waals surface area contributed by atoms with Gasteiger partial charge in [0, 0.05) is 24.8 Å². The Kier molecular flexibility index (Phi) is 9.54. The van der Waals surface area contributed by atoms with Crippen molar-refractivity contribution < 1.29 is 39.2 Å². The van der Waals surface area contributed by atoms with Crippen molar-refractivity contribution in [2.75, 3.05) is 26.2 Å². The highest BCUT2D eigenvalue weighted by molar-refractivity contribution is 5.90. The van der Waals surface area contributed by atoms with Crippen LogP contribution in [0.5, 0.6) is 0 Å². The SMILES string of the molecule is CCOC(=O)c1cccnc1CN(CC(=O)O)[C@@H]1CCCC[C@H]1N(CC(=O)O)CC(=O)O. The van der Waals surface area contributed by atoms with Gasteiger partial charge in [0.2, 0.25) is 0 Å². The van der Waals surface area contributed by atoms with Crippen LogP contribution in [0.1, 0.15) is 48.7 Å². The molecule has 32 heavy (non-hydrogen) atoms. The molecule has 1 aromatic rings. The minimum Gasteiger partial charge on any atom is -0.480 e. The summed E-state index contributed by atoms with van der Waals surface area (Å²) in [7, 11) is 0. The Morgan fingerprint density at radius 1 is 0.969 bits per heavy atom. The van der Waals surface area contributed by atoms with E-state index in [-0.39, 0.29) is 25.3 Å². The van der Waals surface area contributed by atoms with Gasteiger partial charge in [-0.2, -0.15) is 0 Å². The lowest BCUT2D eigenvalue weighted by molar-refractivity contribution is -0.146. The van der Waals surface area contributed by atoms with Gasteiger partial charge in [-0.25, -0.2) is 4.79 Å². The summed E-state index contributed by atoms with van der Waals surface area (Å²) in [6.45, 7) is 0.579. The fourth-order valence-electron chi connectivity index (χ4n) is 4.20. The molecule has 0 radical (unpaired) electrons. The van der Waals surface area contributed by atoms with Crippen LogP contribution in [0.3, 0.4) is 0 Å². The van der Waals surface area contributed by atoms with Gasteiger partial charge in [-0.3, -0.25) is 29.2 Å². The molecule has 0 bridgehead atoms. The lowest BCUT2D eigenvalue weighted by Gasteiger charge is -2.43. The van der Waals surface area contributed by atoms with E-state index in [4.69, 9.17) is 4.74 Å². The number of carboxylic acid groups (broad SMARTS) is 3. The summed E-state index contributed by atoms with van der Waals surface area (Å²) in [6.07, 6.45) is 4.16. The summed E-state index contributed by atoms with van der Waals surface area (Å²) in [6, 6.07) is 2.25. The molecule has 11 heteroatoms. The number of pyridine rings is 1. The van der Waals surface area contributed by atoms with Crippen LogP contribution in [0.2, 0.25) is 0 Å². The van der Waals surface area contributed by atoms with Crippen molar-refractivity contribution >= 4 is 23.9 Å². The molecule has 2 rings (SSSR count). The first-order valence-electron chi connectivity index (χ1n) is 10.5. The van der Waals surface area contributed by atoms with Crippen molar-refractivity contribution in [3.8, 4) is 0 Å². The van der Waals surface area contributed by atoms with E-state index in [2.05, 4.69) is 4.98 Å². The van der Waals surface area contributed by atoms with Crippen LogP contribution in [0.15, 0.2) is 18.3 Å². The topological polar surface area (TPSA) is 158 Å². The molecule has 0 amide bonds. The lowest BCUT2D eigenvalue weighted by atomic mass is 9.87. The third-order valence-electron chi connectivity index (χ3n) is 5.39. The van der Waals surface area contributed by atoms with Crippen molar-refractivity contribution in [3.05, 3.63) is 29.6 Å². The van der Waals surface area contributed by atoms with E-state index in [1.54, 1.807) is 24.0 Å². The quantitative estimate of drug-likeness (QED) is 0.388. The molecule has 1 fully saturated rings. The predicted octanol–water partition coefficient (Wildman–Crippen LogP) is 0.927. The number of esters is 1. The van der Waals surface area contributed by atoms with Crippen molar-refractivity contribution in [2.24, 2.45) is 0 Å². The third kappa shape index (κ3) is 7.27. The number of hydrogen-bond acceptors (Lipinski definition) is 8. The monoisotopic (exact) mass is 451 g/mol. The van der Waals surface area contributed by atoms with Crippen molar-refractivity contribution in [2.45, 2.75) is 51.2 Å². The zero-order chi connectivity index (χ0) is 23.7. The molecule has 0 saturated heterocycles. The summed E-state index contributed by atoms with van der Waals surface area (Å²) >= 11 is 0. The number of aromatic nitrogens is 1. The standard InChI is InChI=1S/C21H29N3O8/c1-2-32-21(31)14-6-5-9-22-15(14)10-23(11-18(25)26)16-7-3-4-8-17(16)24(12-19(27)28)13-20(29)30/h5-6,9,16-17H,2-4,7-8,10-13H2,1H3,(H,25,26)(H,27,28)(H,29,30)/t16-,17-/m1/s1. The number of nitrogens with zero attached hydrogens (tertiary/aromatic N) is 3. The zero-order valence-electron chi connectivity index (χ0n) is 18.0. The minimum absolute atomic E-state index is 0.0242. The maximum Gasteiger partial charge on any atom is 0.340 e. The molecule has 0 spiro atoms. The number of carbonyl (C=O) groups is 4. The number of aliphatic carboxylic acids is 3. The first-order valence-corrected chi connectivity index (χ1v) is 10.5. The number of carbonyl (C=O) groups excluding carboxylic acids is 1. The average Bonchev–Trinajstić information content (AvgIpc) is 2.72. The largest absolute Gasteiger partial charge is 0.480 e. The van der Waals surface area contributed by atoms with Crippen LogP contribution < -0.4 is 0 Å². The van der Waals surface area contributed by atoms with Gasteiger partial charge in [0.05, 0.1) is 37.5 Å². The smallest absolute Gasteiger partial charge is 0.340 e. The fourth-order valence-corrected chi connectivity index (χ4v) is 4.20. The van der Waals surface area contributed by atoms with Gasteiger partial charge in [0.1, 0.15) is 0 Å². The normalized spacial score (nSPS) is 18.5. The Bertz CT molecular complexity index is 815. The molecule has 176 valence electrons. The molecular formula is C21H29N3O8. The Morgan fingerprint density at radius 2 is 1.50 bits per heavy atom. The maximum atomic E-state index is 12.3.